The van der Waals surface area contributed by atoms with Gasteiger partial charge in [-0.1, -0.05) is 11.6 Å². The minimum absolute atomic E-state index is 0.0595. The second kappa shape index (κ2) is 6.29. The van der Waals surface area contributed by atoms with Crippen LogP contribution in [0.4, 0.5) is 4.39 Å². The zero-order valence-corrected chi connectivity index (χ0v) is 13.0. The zero-order chi connectivity index (χ0) is 15.6. The Bertz CT molecular complexity index is 650. The summed E-state index contributed by atoms with van der Waals surface area (Å²) in [5.41, 5.74) is 0. The van der Waals surface area contributed by atoms with Crippen molar-refractivity contribution >= 4 is 27.6 Å². The fraction of sp³-hybridized carbons (Fsp3) is 0.462. The van der Waals surface area contributed by atoms with Crippen molar-refractivity contribution in [1.29, 1.82) is 0 Å². The van der Waals surface area contributed by atoms with Gasteiger partial charge in [0.05, 0.1) is 22.9 Å². The van der Waals surface area contributed by atoms with Gasteiger partial charge in [0, 0.05) is 13.1 Å². The van der Waals surface area contributed by atoms with Crippen LogP contribution < -0.4 is 0 Å². The van der Waals surface area contributed by atoms with Crippen LogP contribution in [0, 0.1) is 11.7 Å². The van der Waals surface area contributed by atoms with Crippen molar-refractivity contribution in [3.63, 3.8) is 0 Å². The van der Waals surface area contributed by atoms with Crippen LogP contribution in [-0.4, -0.2) is 38.9 Å². The highest BCUT2D eigenvalue weighted by Crippen LogP contribution is 2.26. The average Bonchev–Trinajstić information content (AvgIpc) is 2.49. The van der Waals surface area contributed by atoms with Gasteiger partial charge >= 0.3 is 5.97 Å². The highest BCUT2D eigenvalue weighted by molar-refractivity contribution is 7.89. The standard InChI is InChI=1S/C13H15ClFNO4S/c1-20-13(17)9-3-2-6-16(8-9)21(18,19)10-4-5-12(15)11(14)7-10/h4-5,7,9H,2-3,6,8H2,1H3. The maximum Gasteiger partial charge on any atom is 0.309 e. The first-order valence-corrected chi connectivity index (χ1v) is 8.21. The lowest BCUT2D eigenvalue weighted by Crippen LogP contribution is -2.42. The number of sulfonamides is 1. The van der Waals surface area contributed by atoms with E-state index in [-0.39, 0.29) is 16.5 Å². The molecule has 1 unspecified atom stereocenters. The summed E-state index contributed by atoms with van der Waals surface area (Å²) in [6.45, 7) is 0.370. The normalized spacial score (nSPS) is 20.2. The molecule has 0 amide bonds. The SMILES string of the molecule is COC(=O)C1CCCN(S(=O)(=O)c2ccc(F)c(Cl)c2)C1. The number of piperidine rings is 1. The number of hydrogen-bond donors (Lipinski definition) is 0. The number of halogens is 2. The minimum Gasteiger partial charge on any atom is -0.469 e. The molecule has 1 saturated heterocycles. The van der Waals surface area contributed by atoms with Gasteiger partial charge < -0.3 is 4.74 Å². The number of nitrogens with zero attached hydrogens (tertiary/aromatic N) is 1. The lowest BCUT2D eigenvalue weighted by molar-refractivity contribution is -0.146. The Hall–Kier alpha value is -1.18. The van der Waals surface area contributed by atoms with Gasteiger partial charge in [-0.05, 0) is 31.0 Å². The van der Waals surface area contributed by atoms with E-state index in [2.05, 4.69) is 4.74 Å². The van der Waals surface area contributed by atoms with Crippen molar-refractivity contribution in [3.8, 4) is 0 Å². The molecule has 0 aromatic heterocycles. The topological polar surface area (TPSA) is 63.7 Å². The number of carbonyl (C=O) groups excluding carboxylic acids is 1. The van der Waals surface area contributed by atoms with Gasteiger partial charge in [-0.15, -0.1) is 0 Å². The van der Waals surface area contributed by atoms with E-state index in [0.717, 1.165) is 18.2 Å². The molecule has 5 nitrogen and oxygen atoms in total. The molecule has 1 aromatic carbocycles. The fourth-order valence-corrected chi connectivity index (χ4v) is 4.10. The molecule has 0 saturated carbocycles. The molecule has 1 aliphatic heterocycles. The van der Waals surface area contributed by atoms with Gasteiger partial charge in [-0.25, -0.2) is 12.8 Å². The molecule has 8 heteroatoms. The second-order valence-corrected chi connectivity index (χ2v) is 7.15. The summed E-state index contributed by atoms with van der Waals surface area (Å²) < 4.78 is 44.0. The van der Waals surface area contributed by atoms with Gasteiger partial charge in [0.2, 0.25) is 10.0 Å². The van der Waals surface area contributed by atoms with E-state index in [1.54, 1.807) is 0 Å². The monoisotopic (exact) mass is 335 g/mol. The molecule has 0 bridgehead atoms. The molecule has 0 aliphatic carbocycles. The van der Waals surface area contributed by atoms with E-state index in [1.165, 1.54) is 11.4 Å². The Morgan fingerprint density at radius 2 is 2.19 bits per heavy atom. The molecule has 116 valence electrons. The summed E-state index contributed by atoms with van der Waals surface area (Å²) in [4.78, 5) is 11.5. The van der Waals surface area contributed by atoms with Crippen molar-refractivity contribution in [2.24, 2.45) is 5.92 Å². The maximum atomic E-state index is 13.1. The molecule has 1 aliphatic rings. The van der Waals surface area contributed by atoms with Crippen LogP contribution in [0.1, 0.15) is 12.8 Å². The van der Waals surface area contributed by atoms with Crippen LogP contribution >= 0.6 is 11.6 Å². The first kappa shape index (κ1) is 16.2. The largest absolute Gasteiger partial charge is 0.469 e. The van der Waals surface area contributed by atoms with E-state index >= 15 is 0 Å². The third-order valence-corrected chi connectivity index (χ3v) is 5.60. The first-order valence-electron chi connectivity index (χ1n) is 6.39. The second-order valence-electron chi connectivity index (χ2n) is 4.80. The lowest BCUT2D eigenvalue weighted by atomic mass is 10.0. The minimum atomic E-state index is -3.80. The van der Waals surface area contributed by atoms with E-state index < -0.39 is 27.7 Å². The predicted octanol–water partition coefficient (Wildman–Crippen LogP) is 2.05. The Morgan fingerprint density at radius 3 is 2.81 bits per heavy atom. The fourth-order valence-electron chi connectivity index (χ4n) is 2.31. The number of hydrogen-bond acceptors (Lipinski definition) is 4. The number of rotatable bonds is 3. The highest BCUT2D eigenvalue weighted by atomic mass is 35.5. The van der Waals surface area contributed by atoms with Crippen molar-refractivity contribution < 1.29 is 22.3 Å². The summed E-state index contributed by atoms with van der Waals surface area (Å²) in [5.74, 6) is -1.58. The van der Waals surface area contributed by atoms with Crippen LogP contribution in [0.2, 0.25) is 5.02 Å². The zero-order valence-electron chi connectivity index (χ0n) is 11.4. The molecular formula is C13H15ClFNO4S. The Balaban J connectivity index is 2.26. The Morgan fingerprint density at radius 1 is 1.48 bits per heavy atom. The van der Waals surface area contributed by atoms with Crippen LogP contribution in [0.25, 0.3) is 0 Å². The number of esters is 1. The molecule has 1 heterocycles. The Kier molecular flexibility index (Phi) is 4.85. The van der Waals surface area contributed by atoms with E-state index in [1.807, 2.05) is 0 Å². The molecular weight excluding hydrogens is 321 g/mol. The van der Waals surface area contributed by atoms with E-state index in [4.69, 9.17) is 11.6 Å². The molecule has 1 aromatic rings. The van der Waals surface area contributed by atoms with Crippen LogP contribution in [0.3, 0.4) is 0 Å². The summed E-state index contributed by atoms with van der Waals surface area (Å²) in [5, 5.41) is -0.252. The quantitative estimate of drug-likeness (QED) is 0.793. The van der Waals surface area contributed by atoms with Gasteiger partial charge in [-0.3, -0.25) is 4.79 Å². The van der Waals surface area contributed by atoms with Gasteiger partial charge in [0.1, 0.15) is 5.82 Å². The van der Waals surface area contributed by atoms with Crippen LogP contribution in [-0.2, 0) is 19.6 Å². The molecule has 0 radical (unpaired) electrons. The third kappa shape index (κ3) is 3.36. The van der Waals surface area contributed by atoms with Crippen LogP contribution in [0.5, 0.6) is 0 Å². The third-order valence-electron chi connectivity index (χ3n) is 3.45. The lowest BCUT2D eigenvalue weighted by Gasteiger charge is -2.30. The highest BCUT2D eigenvalue weighted by Gasteiger charge is 2.34. The molecule has 1 fully saturated rings. The van der Waals surface area contributed by atoms with Crippen molar-refractivity contribution in [1.82, 2.24) is 4.31 Å². The van der Waals surface area contributed by atoms with E-state index in [9.17, 15) is 17.6 Å². The molecule has 21 heavy (non-hydrogen) atoms. The summed E-state index contributed by atoms with van der Waals surface area (Å²) in [6, 6.07) is 3.25. The number of carbonyl (C=O) groups is 1. The summed E-state index contributed by atoms with van der Waals surface area (Å²) in [6.07, 6.45) is 1.15. The number of benzene rings is 1. The summed E-state index contributed by atoms with van der Waals surface area (Å²) >= 11 is 5.63. The number of methoxy groups -OCH3 is 1. The van der Waals surface area contributed by atoms with Gasteiger partial charge in [-0.2, -0.15) is 4.31 Å². The molecule has 2 rings (SSSR count). The van der Waals surface area contributed by atoms with Gasteiger partial charge in [0.25, 0.3) is 0 Å². The van der Waals surface area contributed by atoms with E-state index in [0.29, 0.717) is 19.4 Å². The smallest absolute Gasteiger partial charge is 0.309 e. The Labute approximate surface area is 127 Å². The van der Waals surface area contributed by atoms with Crippen molar-refractivity contribution in [2.75, 3.05) is 20.2 Å². The molecule has 1 atom stereocenters. The summed E-state index contributed by atoms with van der Waals surface area (Å²) in [7, 11) is -2.53. The average molecular weight is 336 g/mol. The van der Waals surface area contributed by atoms with Crippen molar-refractivity contribution in [3.05, 3.63) is 29.0 Å². The number of ether oxygens (including phenoxy) is 1. The molecule has 0 spiro atoms. The predicted molar refractivity (Wildman–Crippen MR) is 74.9 cm³/mol. The maximum absolute atomic E-state index is 13.1. The van der Waals surface area contributed by atoms with Crippen molar-refractivity contribution in [2.45, 2.75) is 17.7 Å². The van der Waals surface area contributed by atoms with Crippen LogP contribution in [0.15, 0.2) is 23.1 Å². The van der Waals surface area contributed by atoms with Gasteiger partial charge in [0.15, 0.2) is 0 Å². The first-order chi connectivity index (χ1) is 9.86. The molecule has 0 N–H and O–H groups in total.